The van der Waals surface area contributed by atoms with E-state index in [9.17, 15) is 9.59 Å². The van der Waals surface area contributed by atoms with Crippen molar-refractivity contribution >= 4 is 12.1 Å². The van der Waals surface area contributed by atoms with Crippen LogP contribution >= 0.6 is 0 Å². The molecule has 0 bridgehead atoms. The molecule has 1 N–H and O–H groups in total. The number of amides is 1. The van der Waals surface area contributed by atoms with Gasteiger partial charge >= 0.3 is 12.1 Å². The summed E-state index contributed by atoms with van der Waals surface area (Å²) < 4.78 is 10.7. The molecule has 0 radical (unpaired) electrons. The molecular formula is C20H19NO5. The molecule has 4 rings (SSSR count). The summed E-state index contributed by atoms with van der Waals surface area (Å²) in [7, 11) is 0. The number of carbonyl (C=O) groups is 2. The number of aliphatic carboxylic acids is 1. The Morgan fingerprint density at radius 3 is 2.31 bits per heavy atom. The van der Waals surface area contributed by atoms with E-state index >= 15 is 0 Å². The third kappa shape index (κ3) is 2.93. The molecule has 26 heavy (non-hydrogen) atoms. The molecule has 1 aliphatic heterocycles. The molecule has 1 atom stereocenters. The Kier molecular flexibility index (Phi) is 4.34. The van der Waals surface area contributed by atoms with E-state index in [-0.39, 0.29) is 25.7 Å². The van der Waals surface area contributed by atoms with Crippen molar-refractivity contribution in [2.75, 3.05) is 26.3 Å². The highest BCUT2D eigenvalue weighted by Crippen LogP contribution is 2.44. The molecule has 1 aliphatic carbocycles. The van der Waals surface area contributed by atoms with E-state index < -0.39 is 18.2 Å². The quantitative estimate of drug-likeness (QED) is 0.918. The van der Waals surface area contributed by atoms with Crippen LogP contribution in [0, 0.1) is 0 Å². The first-order chi connectivity index (χ1) is 12.6. The Morgan fingerprint density at radius 2 is 1.69 bits per heavy atom. The van der Waals surface area contributed by atoms with Crippen molar-refractivity contribution in [2.24, 2.45) is 0 Å². The highest BCUT2D eigenvalue weighted by Gasteiger charge is 2.32. The van der Waals surface area contributed by atoms with Crippen molar-refractivity contribution in [1.29, 1.82) is 0 Å². The van der Waals surface area contributed by atoms with E-state index in [0.29, 0.717) is 6.54 Å². The summed E-state index contributed by atoms with van der Waals surface area (Å²) in [4.78, 5) is 24.9. The third-order valence-corrected chi connectivity index (χ3v) is 4.94. The van der Waals surface area contributed by atoms with Gasteiger partial charge in [0.2, 0.25) is 0 Å². The van der Waals surface area contributed by atoms with Gasteiger partial charge in [0, 0.05) is 12.5 Å². The van der Waals surface area contributed by atoms with Crippen LogP contribution in [0.15, 0.2) is 48.5 Å². The SMILES string of the molecule is O=C(O)C1CN(C(=O)OCC2c3ccccc3-c3ccccc32)CCO1. The molecule has 134 valence electrons. The average molecular weight is 353 g/mol. The fourth-order valence-corrected chi connectivity index (χ4v) is 3.65. The fourth-order valence-electron chi connectivity index (χ4n) is 3.65. The van der Waals surface area contributed by atoms with E-state index in [1.54, 1.807) is 0 Å². The van der Waals surface area contributed by atoms with Crippen molar-refractivity contribution < 1.29 is 24.2 Å². The van der Waals surface area contributed by atoms with E-state index in [4.69, 9.17) is 14.6 Å². The lowest BCUT2D eigenvalue weighted by molar-refractivity contribution is -0.155. The van der Waals surface area contributed by atoms with E-state index in [1.165, 1.54) is 16.0 Å². The Labute approximate surface area is 151 Å². The molecule has 1 fully saturated rings. The first-order valence-corrected chi connectivity index (χ1v) is 8.59. The highest BCUT2D eigenvalue weighted by molar-refractivity contribution is 5.79. The second-order valence-electron chi connectivity index (χ2n) is 6.45. The molecule has 1 saturated heterocycles. The zero-order valence-corrected chi connectivity index (χ0v) is 14.1. The molecule has 2 aromatic carbocycles. The van der Waals surface area contributed by atoms with Gasteiger partial charge in [-0.15, -0.1) is 0 Å². The van der Waals surface area contributed by atoms with Crippen molar-refractivity contribution in [2.45, 2.75) is 12.0 Å². The summed E-state index contributed by atoms with van der Waals surface area (Å²) in [6, 6.07) is 16.3. The monoisotopic (exact) mass is 353 g/mol. The normalized spacial score (nSPS) is 18.9. The average Bonchev–Trinajstić information content (AvgIpc) is 3.00. The molecule has 1 heterocycles. The molecule has 1 unspecified atom stereocenters. The number of rotatable bonds is 3. The fraction of sp³-hybridized carbons (Fsp3) is 0.300. The minimum absolute atomic E-state index is 0.00596. The van der Waals surface area contributed by atoms with Gasteiger partial charge in [0.1, 0.15) is 6.61 Å². The Morgan fingerprint density at radius 1 is 1.08 bits per heavy atom. The summed E-state index contributed by atoms with van der Waals surface area (Å²) in [5.41, 5.74) is 4.63. The zero-order chi connectivity index (χ0) is 18.1. The van der Waals surface area contributed by atoms with Crippen LogP contribution in [0.2, 0.25) is 0 Å². The minimum atomic E-state index is -1.07. The summed E-state index contributed by atoms with van der Waals surface area (Å²) in [6.45, 7) is 0.760. The van der Waals surface area contributed by atoms with Crippen LogP contribution in [-0.2, 0) is 14.3 Å². The van der Waals surface area contributed by atoms with Gasteiger partial charge in [0.05, 0.1) is 13.2 Å². The largest absolute Gasteiger partial charge is 0.479 e. The molecule has 0 saturated carbocycles. The number of hydrogen-bond donors (Lipinski definition) is 1. The maximum atomic E-state index is 12.4. The molecule has 0 spiro atoms. The van der Waals surface area contributed by atoms with Gasteiger partial charge in [-0.3, -0.25) is 0 Å². The van der Waals surface area contributed by atoms with Gasteiger partial charge in [0.25, 0.3) is 0 Å². The van der Waals surface area contributed by atoms with Crippen molar-refractivity contribution in [3.63, 3.8) is 0 Å². The Hall–Kier alpha value is -2.86. The standard InChI is InChI=1S/C20H19NO5/c22-19(23)18-11-21(9-10-25-18)20(24)26-12-17-15-7-3-1-5-13(15)14-6-2-4-8-16(14)17/h1-8,17-18H,9-12H2,(H,22,23). The Balaban J connectivity index is 1.48. The smallest absolute Gasteiger partial charge is 0.409 e. The predicted octanol–water partition coefficient (Wildman–Crippen LogP) is 2.72. The van der Waals surface area contributed by atoms with Crippen molar-refractivity contribution in [3.05, 3.63) is 59.7 Å². The van der Waals surface area contributed by atoms with Crippen LogP contribution in [0.1, 0.15) is 17.0 Å². The molecular weight excluding hydrogens is 334 g/mol. The number of hydrogen-bond acceptors (Lipinski definition) is 4. The predicted molar refractivity (Wildman–Crippen MR) is 94.0 cm³/mol. The molecule has 6 heteroatoms. The van der Waals surface area contributed by atoms with Gasteiger partial charge in [-0.05, 0) is 22.3 Å². The summed E-state index contributed by atoms with van der Waals surface area (Å²) in [5.74, 6) is -1.08. The highest BCUT2D eigenvalue weighted by atomic mass is 16.6. The van der Waals surface area contributed by atoms with Crippen molar-refractivity contribution in [1.82, 2.24) is 4.90 Å². The lowest BCUT2D eigenvalue weighted by Gasteiger charge is -2.30. The van der Waals surface area contributed by atoms with Crippen LogP contribution in [0.25, 0.3) is 11.1 Å². The second kappa shape index (κ2) is 6.80. The summed E-state index contributed by atoms with van der Waals surface area (Å²) in [5, 5.41) is 9.06. The number of carboxylic acid groups (broad SMARTS) is 1. The number of fused-ring (bicyclic) bond motifs is 3. The van der Waals surface area contributed by atoms with E-state index in [0.717, 1.165) is 11.1 Å². The number of nitrogens with zero attached hydrogens (tertiary/aromatic N) is 1. The third-order valence-electron chi connectivity index (χ3n) is 4.94. The number of ether oxygens (including phenoxy) is 2. The van der Waals surface area contributed by atoms with Gasteiger partial charge in [-0.1, -0.05) is 48.5 Å². The maximum absolute atomic E-state index is 12.4. The van der Waals surface area contributed by atoms with Gasteiger partial charge in [0.15, 0.2) is 6.10 Å². The van der Waals surface area contributed by atoms with Crippen LogP contribution in [0.3, 0.4) is 0 Å². The van der Waals surface area contributed by atoms with Gasteiger partial charge in [-0.2, -0.15) is 0 Å². The van der Waals surface area contributed by atoms with Crippen LogP contribution in [0.5, 0.6) is 0 Å². The summed E-state index contributed by atoms with van der Waals surface area (Å²) in [6.07, 6.45) is -1.49. The maximum Gasteiger partial charge on any atom is 0.409 e. The molecule has 2 aromatic rings. The number of benzene rings is 2. The number of morpholine rings is 1. The van der Waals surface area contributed by atoms with Crippen LogP contribution in [0.4, 0.5) is 4.79 Å². The number of carbonyl (C=O) groups excluding carboxylic acids is 1. The van der Waals surface area contributed by atoms with Gasteiger partial charge in [-0.25, -0.2) is 9.59 Å². The first-order valence-electron chi connectivity index (χ1n) is 8.59. The lowest BCUT2D eigenvalue weighted by atomic mass is 9.98. The Bertz CT molecular complexity index is 804. The molecule has 0 aromatic heterocycles. The second-order valence-corrected chi connectivity index (χ2v) is 6.45. The lowest BCUT2D eigenvalue weighted by Crippen LogP contribution is -2.48. The van der Waals surface area contributed by atoms with E-state index in [1.807, 2.05) is 24.3 Å². The zero-order valence-electron chi connectivity index (χ0n) is 14.1. The number of carboxylic acids is 1. The van der Waals surface area contributed by atoms with Gasteiger partial charge < -0.3 is 19.5 Å². The van der Waals surface area contributed by atoms with Crippen molar-refractivity contribution in [3.8, 4) is 11.1 Å². The molecule has 2 aliphatic rings. The first kappa shape index (κ1) is 16.6. The van der Waals surface area contributed by atoms with Crippen LogP contribution in [-0.4, -0.2) is 54.5 Å². The van der Waals surface area contributed by atoms with E-state index in [2.05, 4.69) is 24.3 Å². The topological polar surface area (TPSA) is 76.1 Å². The summed E-state index contributed by atoms with van der Waals surface area (Å²) >= 11 is 0. The molecule has 6 nitrogen and oxygen atoms in total. The van der Waals surface area contributed by atoms with Crippen LogP contribution < -0.4 is 0 Å². The molecule has 1 amide bonds. The minimum Gasteiger partial charge on any atom is -0.479 e.